The Morgan fingerprint density at radius 2 is 1.30 bits per heavy atom. The Morgan fingerprint density at radius 3 is 1.70 bits per heavy atom. The largest absolute Gasteiger partial charge is 0.363 e. The number of rotatable bonds is 10. The summed E-state index contributed by atoms with van der Waals surface area (Å²) in [6.45, 7) is 6.72. The van der Waals surface area contributed by atoms with Crippen molar-refractivity contribution in [2.45, 2.75) is 71.2 Å². The van der Waals surface area contributed by atoms with E-state index in [1.165, 1.54) is 32.1 Å². The zero-order chi connectivity index (χ0) is 16.0. The molecule has 0 aliphatic heterocycles. The second kappa shape index (κ2) is 8.35. The Labute approximate surface area is 128 Å². The quantitative estimate of drug-likeness (QED) is 0.340. The second-order valence-corrected chi connectivity index (χ2v) is 8.15. The van der Waals surface area contributed by atoms with E-state index in [1.807, 2.05) is 0 Å². The molecular formula is C17H40N2O+2. The van der Waals surface area contributed by atoms with Gasteiger partial charge in [-0.25, -0.2) is 0 Å². The molecule has 3 nitrogen and oxygen atoms in total. The highest BCUT2D eigenvalue weighted by Gasteiger charge is 2.42. The molecule has 0 aromatic rings. The van der Waals surface area contributed by atoms with Gasteiger partial charge in [0.15, 0.2) is 6.10 Å². The van der Waals surface area contributed by atoms with E-state index in [1.54, 1.807) is 0 Å². The molecule has 122 valence electrons. The minimum absolute atomic E-state index is 0.260. The molecule has 0 amide bonds. The van der Waals surface area contributed by atoms with Crippen LogP contribution in [0.5, 0.6) is 0 Å². The lowest BCUT2D eigenvalue weighted by atomic mass is 10.1. The molecule has 3 heteroatoms. The maximum Gasteiger partial charge on any atom is 0.241 e. The summed E-state index contributed by atoms with van der Waals surface area (Å²) in [5.41, 5.74) is 0. The number of hydrogen-bond acceptors (Lipinski definition) is 1. The molecule has 0 saturated heterocycles. The van der Waals surface area contributed by atoms with Gasteiger partial charge >= 0.3 is 0 Å². The van der Waals surface area contributed by atoms with Crippen LogP contribution in [0, 0.1) is 0 Å². The van der Waals surface area contributed by atoms with Gasteiger partial charge in [0.2, 0.25) is 6.17 Å². The Bertz CT molecular complexity index is 239. The van der Waals surface area contributed by atoms with Crippen LogP contribution in [0.15, 0.2) is 0 Å². The van der Waals surface area contributed by atoms with E-state index >= 15 is 0 Å². The van der Waals surface area contributed by atoms with Crippen LogP contribution in [0.1, 0.15) is 52.9 Å². The summed E-state index contributed by atoms with van der Waals surface area (Å²) in [5, 5.41) is 0. The van der Waals surface area contributed by atoms with Crippen molar-refractivity contribution in [1.82, 2.24) is 0 Å². The molecule has 0 heterocycles. The van der Waals surface area contributed by atoms with Crippen LogP contribution in [0.3, 0.4) is 0 Å². The fraction of sp³-hybridized carbons (Fsp3) is 1.00. The summed E-state index contributed by atoms with van der Waals surface area (Å²) in [6.07, 6.45) is 7.53. The smallest absolute Gasteiger partial charge is 0.241 e. The highest BCUT2D eigenvalue weighted by Crippen LogP contribution is 2.21. The van der Waals surface area contributed by atoms with Gasteiger partial charge in [0.1, 0.15) is 0 Å². The summed E-state index contributed by atoms with van der Waals surface area (Å²) < 4.78 is 8.16. The molecule has 0 aliphatic carbocycles. The highest BCUT2D eigenvalue weighted by molar-refractivity contribution is 4.61. The Balaban J connectivity index is 4.43. The van der Waals surface area contributed by atoms with Gasteiger partial charge < -0.3 is 4.74 Å². The van der Waals surface area contributed by atoms with E-state index in [0.29, 0.717) is 12.3 Å². The predicted molar refractivity (Wildman–Crippen MR) is 88.6 cm³/mol. The fourth-order valence-corrected chi connectivity index (χ4v) is 3.66. The van der Waals surface area contributed by atoms with E-state index in [-0.39, 0.29) is 6.10 Å². The van der Waals surface area contributed by atoms with E-state index in [2.05, 4.69) is 63.1 Å². The number of likely N-dealkylation sites (N-methyl/N-ethyl adjacent to an activating group) is 2. The first-order valence-corrected chi connectivity index (χ1v) is 8.27. The van der Waals surface area contributed by atoms with Crippen molar-refractivity contribution >= 4 is 0 Å². The van der Waals surface area contributed by atoms with Crippen molar-refractivity contribution in [3.8, 4) is 0 Å². The fourth-order valence-electron chi connectivity index (χ4n) is 3.66. The summed E-state index contributed by atoms with van der Waals surface area (Å²) in [6, 6.07) is 0. The Kier molecular flexibility index (Phi) is 8.30. The molecule has 0 fully saturated rings. The van der Waals surface area contributed by atoms with Crippen molar-refractivity contribution in [1.29, 1.82) is 0 Å². The zero-order valence-electron chi connectivity index (χ0n) is 15.6. The average molecular weight is 289 g/mol. The summed E-state index contributed by atoms with van der Waals surface area (Å²) in [5.74, 6) is 0. The number of hydrogen-bond donors (Lipinski definition) is 0. The van der Waals surface area contributed by atoms with E-state index in [9.17, 15) is 0 Å². The first-order valence-electron chi connectivity index (χ1n) is 8.27. The molecule has 0 N–H and O–H groups in total. The van der Waals surface area contributed by atoms with Crippen LogP contribution in [0.2, 0.25) is 0 Å². The monoisotopic (exact) mass is 288 g/mol. The number of ether oxygens (including phenoxy) is 1. The average Bonchev–Trinajstić information content (AvgIpc) is 2.19. The van der Waals surface area contributed by atoms with Gasteiger partial charge in [-0.05, 0) is 20.3 Å². The normalized spacial score (nSPS) is 16.5. The molecule has 0 radical (unpaired) electrons. The lowest BCUT2D eigenvalue weighted by Crippen LogP contribution is -2.66. The van der Waals surface area contributed by atoms with Gasteiger partial charge in [0.25, 0.3) is 0 Å². The molecular weight excluding hydrogens is 248 g/mol. The molecule has 0 aromatic carbocycles. The molecule has 2 atom stereocenters. The topological polar surface area (TPSA) is 9.23 Å². The van der Waals surface area contributed by atoms with Gasteiger partial charge in [0.05, 0.1) is 48.4 Å². The summed E-state index contributed by atoms with van der Waals surface area (Å²) >= 11 is 0. The highest BCUT2D eigenvalue weighted by atomic mass is 16.5. The zero-order valence-corrected chi connectivity index (χ0v) is 15.6. The SMILES string of the molecule is CCCCCCC(C)OC(C)C([N+](C)(C)C)[N+](C)(C)C. The van der Waals surface area contributed by atoms with Gasteiger partial charge in [-0.1, -0.05) is 32.6 Å². The van der Waals surface area contributed by atoms with Gasteiger partial charge in [-0.15, -0.1) is 0 Å². The lowest BCUT2D eigenvalue weighted by Gasteiger charge is -2.45. The van der Waals surface area contributed by atoms with Crippen molar-refractivity contribution in [2.24, 2.45) is 0 Å². The standard InChI is InChI=1S/C17H40N2O/c1-10-11-12-13-14-15(2)20-16(3)17(18(4,5)6)19(7,8)9/h15-17H,10-14H2,1-9H3/q+2. The van der Waals surface area contributed by atoms with Crippen molar-refractivity contribution < 1.29 is 13.7 Å². The van der Waals surface area contributed by atoms with Crippen molar-refractivity contribution in [2.75, 3.05) is 42.3 Å². The Morgan fingerprint density at radius 1 is 0.800 bits per heavy atom. The van der Waals surface area contributed by atoms with Gasteiger partial charge in [-0.3, -0.25) is 8.97 Å². The van der Waals surface area contributed by atoms with E-state index < -0.39 is 0 Å². The summed E-state index contributed by atoms with van der Waals surface area (Å²) in [7, 11) is 13.6. The molecule has 2 unspecified atom stereocenters. The van der Waals surface area contributed by atoms with Crippen LogP contribution in [0.25, 0.3) is 0 Å². The van der Waals surface area contributed by atoms with Crippen LogP contribution in [0.4, 0.5) is 0 Å². The molecule has 0 aliphatic rings. The molecule has 0 aromatic heterocycles. The summed E-state index contributed by atoms with van der Waals surface area (Å²) in [4.78, 5) is 0. The lowest BCUT2D eigenvalue weighted by molar-refractivity contribution is -1.09. The van der Waals surface area contributed by atoms with E-state index in [0.717, 1.165) is 8.97 Å². The Hall–Kier alpha value is -0.120. The minimum atomic E-state index is 0.260. The van der Waals surface area contributed by atoms with Crippen molar-refractivity contribution in [3.63, 3.8) is 0 Å². The number of quaternary nitrogens is 2. The van der Waals surface area contributed by atoms with Crippen LogP contribution in [-0.4, -0.2) is 69.6 Å². The van der Waals surface area contributed by atoms with Crippen LogP contribution >= 0.6 is 0 Å². The molecule has 0 spiro atoms. The molecule has 0 bridgehead atoms. The van der Waals surface area contributed by atoms with Crippen molar-refractivity contribution in [3.05, 3.63) is 0 Å². The first-order chi connectivity index (χ1) is 9.00. The third-order valence-electron chi connectivity index (χ3n) is 3.92. The maximum absolute atomic E-state index is 6.31. The van der Waals surface area contributed by atoms with Gasteiger partial charge in [-0.2, -0.15) is 0 Å². The van der Waals surface area contributed by atoms with Crippen LogP contribution in [-0.2, 0) is 4.74 Å². The molecule has 0 saturated carbocycles. The second-order valence-electron chi connectivity index (χ2n) is 8.15. The van der Waals surface area contributed by atoms with Crippen LogP contribution < -0.4 is 0 Å². The number of nitrogens with zero attached hydrogens (tertiary/aromatic N) is 2. The first kappa shape index (κ1) is 19.9. The predicted octanol–water partition coefficient (Wildman–Crippen LogP) is 3.49. The molecule has 20 heavy (non-hydrogen) atoms. The minimum Gasteiger partial charge on any atom is -0.363 e. The van der Waals surface area contributed by atoms with E-state index in [4.69, 9.17) is 4.74 Å². The molecule has 0 rings (SSSR count). The van der Waals surface area contributed by atoms with Gasteiger partial charge in [0, 0.05) is 0 Å². The maximum atomic E-state index is 6.31. The number of unbranched alkanes of at least 4 members (excludes halogenated alkanes) is 3. The third kappa shape index (κ3) is 7.61. The third-order valence-corrected chi connectivity index (χ3v) is 3.92.